The number of nitrogen functional groups attached to an aromatic ring is 1. The fraction of sp³-hybridized carbons (Fsp3) is 0.353. The van der Waals surface area contributed by atoms with E-state index in [2.05, 4.69) is 22.9 Å². The van der Waals surface area contributed by atoms with Crippen LogP contribution in [-0.4, -0.2) is 25.2 Å². The molecule has 0 amide bonds. The van der Waals surface area contributed by atoms with Crippen LogP contribution in [0, 0.1) is 6.92 Å². The topological polar surface area (TPSA) is 51.4 Å². The molecule has 2 N–H and O–H groups in total. The quantitative estimate of drug-likeness (QED) is 0.917. The maximum Gasteiger partial charge on any atom is 0.152 e. The number of nitrogens with zero attached hydrogens (tertiary/aromatic N) is 2. The van der Waals surface area contributed by atoms with E-state index in [-0.39, 0.29) is 6.04 Å². The predicted molar refractivity (Wildman–Crippen MR) is 87.9 cm³/mol. The first-order valence-corrected chi connectivity index (χ1v) is 7.10. The van der Waals surface area contributed by atoms with Crippen molar-refractivity contribution in [3.63, 3.8) is 0 Å². The van der Waals surface area contributed by atoms with Crippen molar-refractivity contribution in [1.29, 1.82) is 0 Å². The number of para-hydroxylation sites is 1. The molecule has 1 unspecified atom stereocenters. The molecule has 112 valence electrons. The van der Waals surface area contributed by atoms with Gasteiger partial charge in [-0.3, -0.25) is 0 Å². The molecule has 0 bridgehead atoms. The molecule has 1 heterocycles. The van der Waals surface area contributed by atoms with E-state index in [0.29, 0.717) is 0 Å². The minimum Gasteiger partial charge on any atom is -0.496 e. The summed E-state index contributed by atoms with van der Waals surface area (Å²) in [5, 5.41) is 0. The number of likely N-dealkylation sites (N-methyl/N-ethyl adjacent to an activating group) is 1. The Morgan fingerprint density at radius 1 is 1.29 bits per heavy atom. The van der Waals surface area contributed by atoms with Crippen molar-refractivity contribution in [3.8, 4) is 5.75 Å². The van der Waals surface area contributed by atoms with Crippen LogP contribution in [0.25, 0.3) is 0 Å². The van der Waals surface area contributed by atoms with Crippen LogP contribution in [0.4, 0.5) is 11.5 Å². The Hall–Kier alpha value is -2.23. The largest absolute Gasteiger partial charge is 0.496 e. The van der Waals surface area contributed by atoms with Gasteiger partial charge in [0.25, 0.3) is 0 Å². The van der Waals surface area contributed by atoms with Crippen LogP contribution >= 0.6 is 0 Å². The summed E-state index contributed by atoms with van der Waals surface area (Å²) in [4.78, 5) is 6.53. The molecule has 0 fully saturated rings. The predicted octanol–water partition coefficient (Wildman–Crippen LogP) is 3.05. The van der Waals surface area contributed by atoms with E-state index >= 15 is 0 Å². The van der Waals surface area contributed by atoms with Crippen molar-refractivity contribution >= 4 is 11.5 Å². The molecule has 0 saturated carbocycles. The van der Waals surface area contributed by atoms with E-state index < -0.39 is 0 Å². The Labute approximate surface area is 126 Å². The van der Waals surface area contributed by atoms with Gasteiger partial charge in [-0.1, -0.05) is 18.2 Å². The molecule has 2 aromatic rings. The van der Waals surface area contributed by atoms with Crippen molar-refractivity contribution in [3.05, 3.63) is 47.7 Å². The molecule has 2 rings (SSSR count). The number of hydrogen-bond acceptors (Lipinski definition) is 4. The van der Waals surface area contributed by atoms with Gasteiger partial charge in [-0.2, -0.15) is 0 Å². The number of aryl methyl sites for hydroxylation is 1. The summed E-state index contributed by atoms with van der Waals surface area (Å²) in [6.45, 7) is 4.16. The maximum absolute atomic E-state index is 6.14. The Balaban J connectivity index is 2.20. The second-order valence-electron chi connectivity index (χ2n) is 5.34. The van der Waals surface area contributed by atoms with Crippen LogP contribution in [0.5, 0.6) is 5.75 Å². The molecule has 1 aromatic heterocycles. The highest BCUT2D eigenvalue weighted by Crippen LogP contribution is 2.26. The average molecular weight is 285 g/mol. The summed E-state index contributed by atoms with van der Waals surface area (Å²) >= 11 is 0. The third kappa shape index (κ3) is 3.27. The van der Waals surface area contributed by atoms with Crippen molar-refractivity contribution in [1.82, 2.24) is 4.98 Å². The monoisotopic (exact) mass is 285 g/mol. The summed E-state index contributed by atoms with van der Waals surface area (Å²) < 4.78 is 5.42. The Bertz CT molecular complexity index is 613. The molecular formula is C17H23N3O. The normalized spacial score (nSPS) is 12.0. The highest BCUT2D eigenvalue weighted by molar-refractivity contribution is 5.66. The minimum absolute atomic E-state index is 0.262. The molecule has 0 aliphatic rings. The summed E-state index contributed by atoms with van der Waals surface area (Å²) in [7, 11) is 3.73. The summed E-state index contributed by atoms with van der Waals surface area (Å²) in [5.74, 6) is 1.75. The second kappa shape index (κ2) is 6.48. The Morgan fingerprint density at radius 3 is 2.71 bits per heavy atom. The van der Waals surface area contributed by atoms with Gasteiger partial charge in [-0.25, -0.2) is 4.98 Å². The van der Waals surface area contributed by atoms with Gasteiger partial charge in [0.1, 0.15) is 5.75 Å². The zero-order valence-corrected chi connectivity index (χ0v) is 13.1. The molecule has 0 saturated heterocycles. The van der Waals surface area contributed by atoms with E-state index in [4.69, 9.17) is 10.5 Å². The smallest absolute Gasteiger partial charge is 0.152 e. The van der Waals surface area contributed by atoms with Crippen molar-refractivity contribution in [2.24, 2.45) is 0 Å². The Morgan fingerprint density at radius 2 is 2.00 bits per heavy atom. The van der Waals surface area contributed by atoms with Crippen LogP contribution in [0.3, 0.4) is 0 Å². The first-order chi connectivity index (χ1) is 10.0. The molecule has 1 atom stereocenters. The fourth-order valence-corrected chi connectivity index (χ4v) is 2.37. The summed E-state index contributed by atoms with van der Waals surface area (Å²) in [6.07, 6.45) is 2.67. The molecule has 1 aromatic carbocycles. The molecule has 21 heavy (non-hydrogen) atoms. The van der Waals surface area contributed by atoms with Gasteiger partial charge in [-0.15, -0.1) is 0 Å². The molecule has 4 nitrogen and oxygen atoms in total. The molecule has 0 radical (unpaired) electrons. The lowest BCUT2D eigenvalue weighted by Crippen LogP contribution is -2.32. The van der Waals surface area contributed by atoms with E-state index in [0.717, 1.165) is 29.2 Å². The first-order valence-electron chi connectivity index (χ1n) is 7.10. The zero-order valence-electron chi connectivity index (χ0n) is 13.1. The summed E-state index contributed by atoms with van der Waals surface area (Å²) in [6, 6.07) is 10.3. The number of pyridine rings is 1. The van der Waals surface area contributed by atoms with Gasteiger partial charge < -0.3 is 15.4 Å². The third-order valence-corrected chi connectivity index (χ3v) is 3.89. The Kier molecular flexibility index (Phi) is 4.68. The molecular weight excluding hydrogens is 262 g/mol. The molecule has 0 aliphatic heterocycles. The number of hydrogen-bond donors (Lipinski definition) is 1. The maximum atomic E-state index is 6.14. The number of ether oxygens (including phenoxy) is 1. The highest BCUT2D eigenvalue weighted by Gasteiger charge is 2.16. The van der Waals surface area contributed by atoms with Gasteiger partial charge in [0.2, 0.25) is 0 Å². The lowest BCUT2D eigenvalue weighted by atomic mass is 10.0. The van der Waals surface area contributed by atoms with Crippen molar-refractivity contribution in [2.75, 3.05) is 24.8 Å². The number of aromatic nitrogens is 1. The van der Waals surface area contributed by atoms with E-state index in [1.165, 1.54) is 5.56 Å². The number of anilines is 2. The number of benzene rings is 1. The van der Waals surface area contributed by atoms with Gasteiger partial charge in [0, 0.05) is 19.3 Å². The number of nitrogens with two attached hydrogens (primary N) is 1. The van der Waals surface area contributed by atoms with Crippen LogP contribution in [0.2, 0.25) is 0 Å². The second-order valence-corrected chi connectivity index (χ2v) is 5.34. The molecule has 0 spiro atoms. The van der Waals surface area contributed by atoms with Crippen LogP contribution in [0.15, 0.2) is 36.5 Å². The SMILES string of the molecule is COc1ccccc1CC(C)N(C)c1nccc(C)c1N. The molecule has 4 heteroatoms. The van der Waals surface area contributed by atoms with Crippen LogP contribution < -0.4 is 15.4 Å². The fourth-order valence-electron chi connectivity index (χ4n) is 2.37. The average Bonchev–Trinajstić information content (AvgIpc) is 2.50. The van der Waals surface area contributed by atoms with E-state index in [9.17, 15) is 0 Å². The van der Waals surface area contributed by atoms with Crippen LogP contribution in [-0.2, 0) is 6.42 Å². The van der Waals surface area contributed by atoms with Gasteiger partial charge in [0.05, 0.1) is 12.8 Å². The lowest BCUT2D eigenvalue weighted by molar-refractivity contribution is 0.408. The van der Waals surface area contributed by atoms with E-state index in [1.54, 1.807) is 13.3 Å². The number of rotatable bonds is 5. The van der Waals surface area contributed by atoms with Gasteiger partial charge in [-0.05, 0) is 43.5 Å². The van der Waals surface area contributed by atoms with Gasteiger partial charge >= 0.3 is 0 Å². The first kappa shape index (κ1) is 15.2. The zero-order chi connectivity index (χ0) is 15.4. The van der Waals surface area contributed by atoms with Gasteiger partial charge in [0.15, 0.2) is 5.82 Å². The minimum atomic E-state index is 0.262. The third-order valence-electron chi connectivity index (χ3n) is 3.89. The van der Waals surface area contributed by atoms with Crippen molar-refractivity contribution in [2.45, 2.75) is 26.3 Å². The van der Waals surface area contributed by atoms with E-state index in [1.807, 2.05) is 38.2 Å². The van der Waals surface area contributed by atoms with Crippen molar-refractivity contribution < 1.29 is 4.74 Å². The summed E-state index contributed by atoms with van der Waals surface area (Å²) in [5.41, 5.74) is 9.12. The van der Waals surface area contributed by atoms with Crippen LogP contribution in [0.1, 0.15) is 18.1 Å². The number of methoxy groups -OCH3 is 1. The molecule has 0 aliphatic carbocycles. The lowest BCUT2D eigenvalue weighted by Gasteiger charge is -2.28. The standard InChI is InChI=1S/C17H23N3O/c1-12-9-10-19-17(16(12)18)20(3)13(2)11-14-7-5-6-8-15(14)21-4/h5-10,13H,11,18H2,1-4H3. The highest BCUT2D eigenvalue weighted by atomic mass is 16.5.